The van der Waals surface area contributed by atoms with E-state index in [9.17, 15) is 18.4 Å². The standard InChI is InChI=1S/C15H10BrF2N3O3/c16-7-3-12(14(22)19-6-7)20-15(23)13-5-11(21-24-13)9-4-8(17)1-2-10(9)18/h1-4,6,13H,5H2,(H,19,22)(H,20,23). The van der Waals surface area contributed by atoms with Crippen LogP contribution in [-0.2, 0) is 9.63 Å². The molecule has 0 aliphatic carbocycles. The van der Waals surface area contributed by atoms with Crippen LogP contribution in [0.5, 0.6) is 0 Å². The highest BCUT2D eigenvalue weighted by Crippen LogP contribution is 2.21. The van der Waals surface area contributed by atoms with Crippen LogP contribution in [0, 0.1) is 11.6 Å². The van der Waals surface area contributed by atoms with E-state index in [2.05, 4.69) is 31.4 Å². The number of hydrogen-bond donors (Lipinski definition) is 2. The molecule has 0 bridgehead atoms. The van der Waals surface area contributed by atoms with E-state index in [1.807, 2.05) is 0 Å². The van der Waals surface area contributed by atoms with Crippen molar-refractivity contribution in [2.75, 3.05) is 5.32 Å². The second-order valence-electron chi connectivity index (χ2n) is 5.01. The minimum atomic E-state index is -1.04. The summed E-state index contributed by atoms with van der Waals surface area (Å²) < 4.78 is 27.6. The van der Waals surface area contributed by atoms with Gasteiger partial charge in [0.15, 0.2) is 0 Å². The molecule has 24 heavy (non-hydrogen) atoms. The third-order valence-corrected chi connectivity index (χ3v) is 3.78. The number of amides is 1. The third-order valence-electron chi connectivity index (χ3n) is 3.33. The molecule has 3 rings (SSSR count). The van der Waals surface area contributed by atoms with Crippen molar-refractivity contribution in [1.82, 2.24) is 4.98 Å². The highest BCUT2D eigenvalue weighted by Gasteiger charge is 2.30. The Morgan fingerprint density at radius 2 is 2.17 bits per heavy atom. The molecule has 2 N–H and O–H groups in total. The molecular formula is C15H10BrF2N3O3. The molecule has 0 fully saturated rings. The van der Waals surface area contributed by atoms with Gasteiger partial charge in [0.05, 0.1) is 5.71 Å². The molecule has 1 aliphatic heterocycles. The Kier molecular flexibility index (Phi) is 4.43. The normalized spacial score (nSPS) is 16.5. The van der Waals surface area contributed by atoms with E-state index >= 15 is 0 Å². The fourth-order valence-electron chi connectivity index (χ4n) is 2.16. The van der Waals surface area contributed by atoms with Crippen molar-refractivity contribution < 1.29 is 18.4 Å². The average molecular weight is 398 g/mol. The first-order valence-corrected chi connectivity index (χ1v) is 7.60. The molecule has 1 atom stereocenters. The number of aromatic nitrogens is 1. The predicted octanol–water partition coefficient (Wildman–Crippen LogP) is 2.55. The van der Waals surface area contributed by atoms with Gasteiger partial charge in [0.2, 0.25) is 6.10 Å². The highest BCUT2D eigenvalue weighted by atomic mass is 79.9. The van der Waals surface area contributed by atoms with Crippen molar-refractivity contribution >= 4 is 33.2 Å². The van der Waals surface area contributed by atoms with E-state index in [0.29, 0.717) is 4.47 Å². The highest BCUT2D eigenvalue weighted by molar-refractivity contribution is 9.10. The fraction of sp³-hybridized carbons (Fsp3) is 0.133. The largest absolute Gasteiger partial charge is 0.382 e. The van der Waals surface area contributed by atoms with E-state index in [0.717, 1.165) is 18.2 Å². The van der Waals surface area contributed by atoms with E-state index in [1.54, 1.807) is 0 Å². The van der Waals surface area contributed by atoms with Gasteiger partial charge in [-0.1, -0.05) is 5.16 Å². The van der Waals surface area contributed by atoms with E-state index in [1.165, 1.54) is 12.3 Å². The van der Waals surface area contributed by atoms with Crippen molar-refractivity contribution in [3.63, 3.8) is 0 Å². The van der Waals surface area contributed by atoms with Crippen LogP contribution < -0.4 is 10.9 Å². The lowest BCUT2D eigenvalue weighted by Gasteiger charge is -2.09. The number of rotatable bonds is 3. The van der Waals surface area contributed by atoms with E-state index in [-0.39, 0.29) is 23.4 Å². The van der Waals surface area contributed by atoms with Gasteiger partial charge in [0.25, 0.3) is 11.5 Å². The van der Waals surface area contributed by atoms with Gasteiger partial charge < -0.3 is 15.1 Å². The summed E-state index contributed by atoms with van der Waals surface area (Å²) in [7, 11) is 0. The molecule has 0 saturated carbocycles. The quantitative estimate of drug-likeness (QED) is 0.834. The van der Waals surface area contributed by atoms with Gasteiger partial charge in [0.1, 0.15) is 17.3 Å². The van der Waals surface area contributed by atoms with Crippen LogP contribution in [0.15, 0.2) is 44.9 Å². The van der Waals surface area contributed by atoms with Crippen molar-refractivity contribution in [3.8, 4) is 0 Å². The Morgan fingerprint density at radius 3 is 2.96 bits per heavy atom. The molecule has 1 aromatic heterocycles. The topological polar surface area (TPSA) is 83.5 Å². The number of halogens is 3. The lowest BCUT2D eigenvalue weighted by molar-refractivity contribution is -0.125. The molecular weight excluding hydrogens is 388 g/mol. The molecule has 0 spiro atoms. The summed E-state index contributed by atoms with van der Waals surface area (Å²) in [5, 5.41) is 6.06. The number of nitrogens with one attached hydrogen (secondary N) is 2. The lowest BCUT2D eigenvalue weighted by Crippen LogP contribution is -2.30. The SMILES string of the molecule is O=C(Nc1cc(Br)c[nH]c1=O)C1CC(c2cc(F)ccc2F)=NO1. The van der Waals surface area contributed by atoms with Crippen molar-refractivity contribution in [2.45, 2.75) is 12.5 Å². The van der Waals surface area contributed by atoms with Gasteiger partial charge in [-0.25, -0.2) is 8.78 Å². The Labute approximate surface area is 142 Å². The molecule has 9 heteroatoms. The Hall–Kier alpha value is -2.55. The molecule has 0 radical (unpaired) electrons. The first-order chi connectivity index (χ1) is 11.4. The van der Waals surface area contributed by atoms with Gasteiger partial charge >= 0.3 is 0 Å². The summed E-state index contributed by atoms with van der Waals surface area (Å²) in [6.45, 7) is 0. The van der Waals surface area contributed by atoms with Crippen LogP contribution in [-0.4, -0.2) is 22.7 Å². The summed E-state index contributed by atoms with van der Waals surface area (Å²) in [6.07, 6.45) is 0.344. The van der Waals surface area contributed by atoms with Gasteiger partial charge in [-0.2, -0.15) is 0 Å². The second-order valence-corrected chi connectivity index (χ2v) is 5.93. The van der Waals surface area contributed by atoms with Crippen LogP contribution in [0.2, 0.25) is 0 Å². The minimum Gasteiger partial charge on any atom is -0.382 e. The Morgan fingerprint density at radius 1 is 1.38 bits per heavy atom. The molecule has 2 aromatic rings. The number of H-pyrrole nitrogens is 1. The molecule has 1 unspecified atom stereocenters. The number of pyridine rings is 1. The summed E-state index contributed by atoms with van der Waals surface area (Å²) in [5.41, 5.74) is -0.397. The Balaban J connectivity index is 1.72. The number of carbonyl (C=O) groups excluding carboxylic acids is 1. The number of oxime groups is 1. The molecule has 0 saturated heterocycles. The molecule has 1 aromatic carbocycles. The minimum absolute atomic E-state index is 0.0309. The first-order valence-electron chi connectivity index (χ1n) is 6.81. The number of nitrogens with zero attached hydrogens (tertiary/aromatic N) is 1. The average Bonchev–Trinajstić information content (AvgIpc) is 3.03. The van der Waals surface area contributed by atoms with E-state index < -0.39 is 29.2 Å². The number of benzene rings is 1. The number of carbonyl (C=O) groups is 1. The molecule has 1 aliphatic rings. The monoisotopic (exact) mass is 397 g/mol. The van der Waals surface area contributed by atoms with Crippen molar-refractivity contribution in [2.24, 2.45) is 5.16 Å². The smallest absolute Gasteiger partial charge is 0.271 e. The number of anilines is 1. The maximum absolute atomic E-state index is 13.7. The van der Waals surface area contributed by atoms with E-state index in [4.69, 9.17) is 4.84 Å². The van der Waals surface area contributed by atoms with Gasteiger partial charge in [0, 0.05) is 22.7 Å². The lowest BCUT2D eigenvalue weighted by atomic mass is 10.0. The first kappa shape index (κ1) is 16.3. The molecule has 1 amide bonds. The number of hydrogen-bond acceptors (Lipinski definition) is 4. The van der Waals surface area contributed by atoms with Gasteiger partial charge in [-0.3, -0.25) is 9.59 Å². The van der Waals surface area contributed by atoms with Crippen LogP contribution in [0.3, 0.4) is 0 Å². The Bertz CT molecular complexity index is 898. The van der Waals surface area contributed by atoms with Crippen LogP contribution in [0.4, 0.5) is 14.5 Å². The van der Waals surface area contributed by atoms with Crippen LogP contribution in [0.1, 0.15) is 12.0 Å². The summed E-state index contributed by atoms with van der Waals surface area (Å²) in [4.78, 5) is 31.2. The summed E-state index contributed by atoms with van der Waals surface area (Å²) >= 11 is 3.17. The maximum atomic E-state index is 13.7. The second kappa shape index (κ2) is 6.52. The zero-order valence-electron chi connectivity index (χ0n) is 12.0. The van der Waals surface area contributed by atoms with Crippen molar-refractivity contribution in [3.05, 3.63) is 62.5 Å². The van der Waals surface area contributed by atoms with Gasteiger partial charge in [-0.15, -0.1) is 0 Å². The van der Waals surface area contributed by atoms with Crippen molar-refractivity contribution in [1.29, 1.82) is 0 Å². The zero-order chi connectivity index (χ0) is 17.3. The zero-order valence-corrected chi connectivity index (χ0v) is 13.6. The van der Waals surface area contributed by atoms with Crippen LogP contribution >= 0.6 is 15.9 Å². The summed E-state index contributed by atoms with van der Waals surface area (Å²) in [5.74, 6) is -1.90. The molecule has 6 nitrogen and oxygen atoms in total. The van der Waals surface area contributed by atoms with Crippen LogP contribution in [0.25, 0.3) is 0 Å². The maximum Gasteiger partial charge on any atom is 0.271 e. The fourth-order valence-corrected chi connectivity index (χ4v) is 2.50. The van der Waals surface area contributed by atoms with Gasteiger partial charge in [-0.05, 0) is 40.2 Å². The third kappa shape index (κ3) is 3.35. The predicted molar refractivity (Wildman–Crippen MR) is 85.8 cm³/mol. The molecule has 2 heterocycles. The number of aromatic amines is 1. The molecule has 124 valence electrons. The summed E-state index contributed by atoms with van der Waals surface area (Å²) in [6, 6.07) is 4.37.